The molecule has 0 aliphatic carbocycles. The van der Waals surface area contributed by atoms with Crippen molar-refractivity contribution < 1.29 is 9.90 Å². The van der Waals surface area contributed by atoms with Crippen LogP contribution in [-0.2, 0) is 0 Å². The number of rotatable bonds is 4. The van der Waals surface area contributed by atoms with Crippen molar-refractivity contribution in [2.75, 3.05) is 16.8 Å². The molecule has 0 radical (unpaired) electrons. The minimum absolute atomic E-state index is 0.224. The van der Waals surface area contributed by atoms with E-state index in [1.54, 1.807) is 12.1 Å². The predicted octanol–water partition coefficient (Wildman–Crippen LogP) is 3.21. The van der Waals surface area contributed by atoms with E-state index < -0.39 is 5.97 Å². The summed E-state index contributed by atoms with van der Waals surface area (Å²) in [7, 11) is 0. The maximum atomic E-state index is 11.2. The number of carboxylic acid groups (broad SMARTS) is 1. The van der Waals surface area contributed by atoms with Crippen molar-refractivity contribution in [1.29, 1.82) is 0 Å². The van der Waals surface area contributed by atoms with Crippen molar-refractivity contribution in [3.63, 3.8) is 0 Å². The number of hydrogen-bond donors (Lipinski definition) is 2. The van der Waals surface area contributed by atoms with E-state index in [2.05, 4.69) is 10.3 Å². The number of nitrogens with zero attached hydrogens (tertiary/aromatic N) is 1. The molecule has 1 aliphatic rings. The summed E-state index contributed by atoms with van der Waals surface area (Å²) in [5.41, 5.74) is 1.14. The molecule has 2 heterocycles. The maximum Gasteiger partial charge on any atom is 0.335 e. The van der Waals surface area contributed by atoms with Crippen molar-refractivity contribution >= 4 is 23.5 Å². The van der Waals surface area contributed by atoms with Crippen molar-refractivity contribution in [1.82, 2.24) is 4.98 Å². The van der Waals surface area contributed by atoms with Crippen LogP contribution >= 0.6 is 11.8 Å². The monoisotopic (exact) mass is 280 g/mol. The molecule has 0 atom stereocenters. The molecule has 19 heavy (non-hydrogen) atoms. The van der Waals surface area contributed by atoms with Gasteiger partial charge in [0.1, 0.15) is 5.82 Å². The first-order valence-electron chi connectivity index (χ1n) is 6.66. The van der Waals surface area contributed by atoms with E-state index in [0.29, 0.717) is 17.4 Å². The summed E-state index contributed by atoms with van der Waals surface area (Å²) < 4.78 is 0. The van der Waals surface area contributed by atoms with Gasteiger partial charge in [0.05, 0.1) is 5.56 Å². The van der Waals surface area contributed by atoms with Crippen molar-refractivity contribution in [3.8, 4) is 0 Å². The van der Waals surface area contributed by atoms with Crippen LogP contribution in [0.25, 0.3) is 0 Å². The molecule has 0 saturated carbocycles. The molecule has 1 aliphatic heterocycles. The lowest BCUT2D eigenvalue weighted by atomic mass is 10.1. The number of carbonyl (C=O) groups is 1. The Balaban J connectivity index is 2.20. The fourth-order valence-electron chi connectivity index (χ4n) is 2.10. The normalized spacial score (nSPS) is 16.6. The minimum Gasteiger partial charge on any atom is -0.478 e. The Bertz CT molecular complexity index is 457. The first-order chi connectivity index (χ1) is 9.06. The van der Waals surface area contributed by atoms with Crippen LogP contribution in [0.4, 0.5) is 5.82 Å². The van der Waals surface area contributed by atoms with Gasteiger partial charge in [0, 0.05) is 11.7 Å². The molecule has 104 valence electrons. The highest BCUT2D eigenvalue weighted by Gasteiger charge is 2.16. The second kappa shape index (κ2) is 6.28. The zero-order valence-electron chi connectivity index (χ0n) is 11.3. The molecule has 0 bridgehead atoms. The largest absolute Gasteiger partial charge is 0.478 e. The zero-order chi connectivity index (χ0) is 13.8. The van der Waals surface area contributed by atoms with Crippen LogP contribution in [0.3, 0.4) is 0 Å². The van der Waals surface area contributed by atoms with Gasteiger partial charge in [0.15, 0.2) is 0 Å². The molecule has 1 saturated heterocycles. The highest BCUT2D eigenvalue weighted by molar-refractivity contribution is 7.99. The molecule has 1 fully saturated rings. The number of pyridine rings is 1. The minimum atomic E-state index is -0.897. The van der Waals surface area contributed by atoms with Crippen LogP contribution < -0.4 is 5.32 Å². The smallest absolute Gasteiger partial charge is 0.335 e. The fourth-order valence-corrected chi connectivity index (χ4v) is 3.20. The van der Waals surface area contributed by atoms with Crippen molar-refractivity contribution in [2.24, 2.45) is 0 Å². The predicted molar refractivity (Wildman–Crippen MR) is 79.3 cm³/mol. The highest BCUT2D eigenvalue weighted by Crippen LogP contribution is 2.22. The molecule has 4 nitrogen and oxygen atoms in total. The SMILES string of the molecule is CC(C)c1cc(C(=O)O)cc(NC2CCSCC2)n1. The first-order valence-corrected chi connectivity index (χ1v) is 7.81. The van der Waals surface area contributed by atoms with Gasteiger partial charge in [-0.25, -0.2) is 9.78 Å². The number of hydrogen-bond acceptors (Lipinski definition) is 4. The number of nitrogens with one attached hydrogen (secondary N) is 1. The van der Waals surface area contributed by atoms with E-state index in [4.69, 9.17) is 5.11 Å². The Morgan fingerprint density at radius 3 is 2.68 bits per heavy atom. The second-order valence-corrected chi connectivity index (χ2v) is 6.38. The van der Waals surface area contributed by atoms with Gasteiger partial charge in [0.2, 0.25) is 0 Å². The first kappa shape index (κ1) is 14.2. The molecule has 2 rings (SSSR count). The standard InChI is InChI=1S/C14H20N2O2S/c1-9(2)12-7-10(14(17)18)8-13(16-12)15-11-3-5-19-6-4-11/h7-9,11H,3-6H2,1-2H3,(H,15,16)(H,17,18). The van der Waals surface area contributed by atoms with Crippen LogP contribution in [0.5, 0.6) is 0 Å². The summed E-state index contributed by atoms with van der Waals surface area (Å²) in [4.78, 5) is 15.7. The maximum absolute atomic E-state index is 11.2. The van der Waals surface area contributed by atoms with Crippen molar-refractivity contribution in [2.45, 2.75) is 38.6 Å². The van der Waals surface area contributed by atoms with Gasteiger partial charge in [-0.15, -0.1) is 0 Å². The number of anilines is 1. The van der Waals surface area contributed by atoms with Gasteiger partial charge < -0.3 is 10.4 Å². The van der Waals surface area contributed by atoms with E-state index >= 15 is 0 Å². The Hall–Kier alpha value is -1.23. The number of aromatic carboxylic acids is 1. The third-order valence-corrected chi connectivity index (χ3v) is 4.31. The van der Waals surface area contributed by atoms with Crippen molar-refractivity contribution in [3.05, 3.63) is 23.4 Å². The summed E-state index contributed by atoms with van der Waals surface area (Å²) in [6, 6.07) is 3.71. The summed E-state index contributed by atoms with van der Waals surface area (Å²) in [6.07, 6.45) is 2.22. The van der Waals surface area contributed by atoms with E-state index in [0.717, 1.165) is 30.0 Å². The van der Waals surface area contributed by atoms with E-state index in [1.807, 2.05) is 25.6 Å². The van der Waals surface area contributed by atoms with Gasteiger partial charge >= 0.3 is 5.97 Å². The summed E-state index contributed by atoms with van der Waals surface area (Å²) in [5, 5.41) is 12.5. The number of thioether (sulfide) groups is 1. The van der Waals surface area contributed by atoms with E-state index in [9.17, 15) is 4.79 Å². The average Bonchev–Trinajstić information content (AvgIpc) is 2.39. The number of aromatic nitrogens is 1. The quantitative estimate of drug-likeness (QED) is 0.886. The fraction of sp³-hybridized carbons (Fsp3) is 0.571. The summed E-state index contributed by atoms with van der Waals surface area (Å²) in [5.74, 6) is 2.34. The van der Waals surface area contributed by atoms with Crippen LogP contribution in [0.2, 0.25) is 0 Å². The van der Waals surface area contributed by atoms with Crippen LogP contribution in [0.15, 0.2) is 12.1 Å². The van der Waals surface area contributed by atoms with E-state index in [-0.39, 0.29) is 5.92 Å². The molecule has 1 aromatic rings. The van der Waals surface area contributed by atoms with Crippen LogP contribution in [0, 0.1) is 0 Å². The highest BCUT2D eigenvalue weighted by atomic mass is 32.2. The zero-order valence-corrected chi connectivity index (χ0v) is 12.2. The molecular formula is C14H20N2O2S. The lowest BCUT2D eigenvalue weighted by Gasteiger charge is -2.23. The van der Waals surface area contributed by atoms with E-state index in [1.165, 1.54) is 0 Å². The molecule has 0 aromatic carbocycles. The third kappa shape index (κ3) is 3.86. The lowest BCUT2D eigenvalue weighted by Crippen LogP contribution is -2.25. The summed E-state index contributed by atoms with van der Waals surface area (Å²) in [6.45, 7) is 4.05. The molecule has 0 spiro atoms. The van der Waals surface area contributed by atoms with Crippen LogP contribution in [-0.4, -0.2) is 33.6 Å². The van der Waals surface area contributed by atoms with Crippen LogP contribution in [0.1, 0.15) is 48.7 Å². The van der Waals surface area contributed by atoms with Gasteiger partial charge in [-0.05, 0) is 42.4 Å². The molecule has 5 heteroatoms. The summed E-state index contributed by atoms with van der Waals surface area (Å²) >= 11 is 1.97. The molecule has 0 unspecified atom stereocenters. The van der Waals surface area contributed by atoms with Gasteiger partial charge in [0.25, 0.3) is 0 Å². The number of carboxylic acids is 1. The lowest BCUT2D eigenvalue weighted by molar-refractivity contribution is 0.0696. The molecule has 0 amide bonds. The Labute approximate surface area is 118 Å². The second-order valence-electron chi connectivity index (χ2n) is 5.16. The van der Waals surface area contributed by atoms with Gasteiger partial charge in [-0.2, -0.15) is 11.8 Å². The Kier molecular flexibility index (Phi) is 4.69. The Morgan fingerprint density at radius 1 is 1.42 bits per heavy atom. The topological polar surface area (TPSA) is 62.2 Å². The molecule has 2 N–H and O–H groups in total. The van der Waals surface area contributed by atoms with Gasteiger partial charge in [-0.1, -0.05) is 13.8 Å². The molecular weight excluding hydrogens is 260 g/mol. The van der Waals surface area contributed by atoms with Gasteiger partial charge in [-0.3, -0.25) is 0 Å². The average molecular weight is 280 g/mol. The third-order valence-electron chi connectivity index (χ3n) is 3.26. The Morgan fingerprint density at radius 2 is 2.11 bits per heavy atom. The molecule has 1 aromatic heterocycles.